The summed E-state index contributed by atoms with van der Waals surface area (Å²) in [5.74, 6) is -1.88. The molecular weight excluding hydrogens is 424 g/mol. The molecule has 33 heavy (non-hydrogen) atoms. The smallest absolute Gasteiger partial charge is 0.194 e. The van der Waals surface area contributed by atoms with E-state index in [-0.39, 0.29) is 11.1 Å². The first kappa shape index (κ1) is 24.3. The Kier molecular flexibility index (Phi) is 8.14. The Hall–Kier alpha value is -1.84. The fourth-order valence-electron chi connectivity index (χ4n) is 6.32. The lowest BCUT2D eigenvalue weighted by Gasteiger charge is -2.42. The maximum Gasteiger partial charge on any atom is 0.194 e. The maximum absolute atomic E-state index is 14.9. The summed E-state index contributed by atoms with van der Waals surface area (Å²) in [5.41, 5.74) is 1.09. The van der Waals surface area contributed by atoms with Crippen LogP contribution in [-0.4, -0.2) is 0 Å². The highest BCUT2D eigenvalue weighted by molar-refractivity contribution is 5.65. The normalized spacial score (nSPS) is 25.1. The van der Waals surface area contributed by atoms with Gasteiger partial charge in [-0.3, -0.25) is 0 Å². The largest absolute Gasteiger partial charge is 0.206 e. The van der Waals surface area contributed by atoms with Crippen molar-refractivity contribution < 1.29 is 17.6 Å². The molecule has 4 rings (SSSR count). The summed E-state index contributed by atoms with van der Waals surface area (Å²) in [4.78, 5) is 0. The van der Waals surface area contributed by atoms with Gasteiger partial charge in [0, 0.05) is 5.56 Å². The van der Waals surface area contributed by atoms with Crippen molar-refractivity contribution in [1.82, 2.24) is 0 Å². The van der Waals surface area contributed by atoms with E-state index in [9.17, 15) is 17.6 Å². The van der Waals surface area contributed by atoms with Gasteiger partial charge in [-0.2, -0.15) is 0 Å². The van der Waals surface area contributed by atoms with Crippen LogP contribution >= 0.6 is 0 Å². The van der Waals surface area contributed by atoms with Crippen molar-refractivity contribution in [3.63, 3.8) is 0 Å². The predicted octanol–water partition coefficient (Wildman–Crippen LogP) is 9.57. The van der Waals surface area contributed by atoms with Crippen molar-refractivity contribution in [2.45, 2.75) is 89.9 Å². The zero-order valence-electron chi connectivity index (χ0n) is 19.7. The Morgan fingerprint density at radius 1 is 0.727 bits per heavy atom. The van der Waals surface area contributed by atoms with E-state index in [1.165, 1.54) is 70.3 Å². The zero-order valence-corrected chi connectivity index (χ0v) is 19.7. The lowest BCUT2D eigenvalue weighted by Crippen LogP contribution is -2.30. The van der Waals surface area contributed by atoms with Gasteiger partial charge in [0.1, 0.15) is 5.82 Å². The van der Waals surface area contributed by atoms with Gasteiger partial charge in [0.2, 0.25) is 0 Å². The van der Waals surface area contributed by atoms with E-state index in [1.807, 2.05) is 6.07 Å². The van der Waals surface area contributed by atoms with Gasteiger partial charge in [-0.05, 0) is 85.1 Å². The fourth-order valence-corrected chi connectivity index (χ4v) is 6.32. The SMILES string of the molecule is CCCCCCCC1CC[C@@H]2C[C@H](c3ccc(-c4cc(F)c(F)c(F)c4)c(F)c3)CC[C@@H]2C1. The standard InChI is InChI=1S/C29H36F4/c1-2-3-4-5-6-7-19-8-9-21-15-22(11-10-20(21)14-19)23-12-13-25(26(30)16-23)24-17-27(31)29(33)28(32)18-24/h12-13,16-22H,2-11,14-15H2,1H3/t19?,20-,21-,22-/m1/s1. The number of fused-ring (bicyclic) bond motifs is 1. The Morgan fingerprint density at radius 3 is 2.15 bits per heavy atom. The Labute approximate surface area is 195 Å². The van der Waals surface area contributed by atoms with Crippen molar-refractivity contribution in [2.24, 2.45) is 17.8 Å². The summed E-state index contributed by atoms with van der Waals surface area (Å²) in [7, 11) is 0. The minimum absolute atomic E-state index is 0.0205. The molecule has 0 nitrogen and oxygen atoms in total. The van der Waals surface area contributed by atoms with Crippen LogP contribution in [0.1, 0.15) is 95.5 Å². The van der Waals surface area contributed by atoms with Crippen LogP contribution in [0.3, 0.4) is 0 Å². The summed E-state index contributed by atoms with van der Waals surface area (Å²) >= 11 is 0. The molecule has 0 heterocycles. The lowest BCUT2D eigenvalue weighted by molar-refractivity contribution is 0.113. The van der Waals surface area contributed by atoms with Crippen molar-refractivity contribution in [3.8, 4) is 11.1 Å². The van der Waals surface area contributed by atoms with Gasteiger partial charge >= 0.3 is 0 Å². The van der Waals surface area contributed by atoms with Gasteiger partial charge in [0.25, 0.3) is 0 Å². The molecule has 2 aromatic carbocycles. The summed E-state index contributed by atoms with van der Waals surface area (Å²) in [6.07, 6.45) is 15.5. The number of unbranched alkanes of at least 4 members (excludes halogenated alkanes) is 4. The highest BCUT2D eigenvalue weighted by atomic mass is 19.2. The van der Waals surface area contributed by atoms with E-state index >= 15 is 0 Å². The van der Waals surface area contributed by atoms with Gasteiger partial charge < -0.3 is 0 Å². The summed E-state index contributed by atoms with van der Waals surface area (Å²) in [6, 6.07) is 6.68. The van der Waals surface area contributed by atoms with Crippen molar-refractivity contribution >= 4 is 0 Å². The van der Waals surface area contributed by atoms with Crippen LogP contribution < -0.4 is 0 Å². The molecule has 180 valence electrons. The summed E-state index contributed by atoms with van der Waals surface area (Å²) in [6.45, 7) is 2.26. The molecule has 0 aliphatic heterocycles. The molecule has 2 aromatic rings. The van der Waals surface area contributed by atoms with Crippen LogP contribution in [0.2, 0.25) is 0 Å². The zero-order chi connectivity index (χ0) is 23.4. The fraction of sp³-hybridized carbons (Fsp3) is 0.586. The second-order valence-electron chi connectivity index (χ2n) is 10.4. The van der Waals surface area contributed by atoms with E-state index in [0.717, 1.165) is 48.3 Å². The minimum atomic E-state index is -1.53. The molecule has 1 unspecified atom stereocenters. The van der Waals surface area contributed by atoms with Gasteiger partial charge in [-0.1, -0.05) is 64.0 Å². The number of hydrogen-bond acceptors (Lipinski definition) is 0. The van der Waals surface area contributed by atoms with E-state index < -0.39 is 23.3 Å². The first-order valence-corrected chi connectivity index (χ1v) is 12.9. The van der Waals surface area contributed by atoms with Crippen molar-refractivity contribution in [2.75, 3.05) is 0 Å². The van der Waals surface area contributed by atoms with Gasteiger partial charge in [-0.25, -0.2) is 17.6 Å². The first-order chi connectivity index (χ1) is 16.0. The van der Waals surface area contributed by atoms with Gasteiger partial charge in [0.15, 0.2) is 17.5 Å². The minimum Gasteiger partial charge on any atom is -0.206 e. The average Bonchev–Trinajstić information content (AvgIpc) is 2.81. The van der Waals surface area contributed by atoms with Gasteiger partial charge in [0.05, 0.1) is 0 Å². The third-order valence-corrected chi connectivity index (χ3v) is 8.20. The quantitative estimate of drug-likeness (QED) is 0.209. The third kappa shape index (κ3) is 5.81. The third-order valence-electron chi connectivity index (χ3n) is 8.20. The predicted molar refractivity (Wildman–Crippen MR) is 126 cm³/mol. The molecule has 2 aliphatic rings. The molecule has 0 amide bonds. The van der Waals surface area contributed by atoms with Crippen LogP contribution in [0.4, 0.5) is 17.6 Å². The summed E-state index contributed by atoms with van der Waals surface area (Å²) in [5, 5.41) is 0. The van der Waals surface area contributed by atoms with Crippen LogP contribution in [0.5, 0.6) is 0 Å². The molecule has 0 spiro atoms. The molecule has 0 aromatic heterocycles. The Bertz CT molecular complexity index is 914. The number of rotatable bonds is 8. The topological polar surface area (TPSA) is 0 Å². The van der Waals surface area contributed by atoms with Crippen molar-refractivity contribution in [3.05, 3.63) is 59.2 Å². The number of hydrogen-bond donors (Lipinski definition) is 0. The van der Waals surface area contributed by atoms with E-state index in [1.54, 1.807) is 6.07 Å². The summed E-state index contributed by atoms with van der Waals surface area (Å²) < 4.78 is 55.3. The molecule has 4 atom stereocenters. The number of halogens is 4. The molecule has 4 heteroatoms. The highest BCUT2D eigenvalue weighted by Gasteiger charge is 2.36. The second kappa shape index (κ2) is 11.1. The molecule has 2 fully saturated rings. The molecule has 2 aliphatic carbocycles. The van der Waals surface area contributed by atoms with Crippen LogP contribution in [0.15, 0.2) is 30.3 Å². The molecule has 0 saturated heterocycles. The monoisotopic (exact) mass is 460 g/mol. The molecular formula is C29H36F4. The van der Waals surface area contributed by atoms with Crippen LogP contribution in [-0.2, 0) is 0 Å². The van der Waals surface area contributed by atoms with Crippen LogP contribution in [0.25, 0.3) is 11.1 Å². The first-order valence-electron chi connectivity index (χ1n) is 12.9. The Morgan fingerprint density at radius 2 is 1.42 bits per heavy atom. The molecule has 2 saturated carbocycles. The van der Waals surface area contributed by atoms with Gasteiger partial charge in [-0.15, -0.1) is 0 Å². The number of benzene rings is 2. The highest BCUT2D eigenvalue weighted by Crippen LogP contribution is 2.48. The van der Waals surface area contributed by atoms with E-state index in [4.69, 9.17) is 0 Å². The maximum atomic E-state index is 14.9. The molecule has 0 radical (unpaired) electrons. The van der Waals surface area contributed by atoms with E-state index in [2.05, 4.69) is 6.92 Å². The second-order valence-corrected chi connectivity index (χ2v) is 10.4. The molecule has 0 N–H and O–H groups in total. The molecule has 0 bridgehead atoms. The Balaban J connectivity index is 1.35. The van der Waals surface area contributed by atoms with E-state index in [0.29, 0.717) is 5.92 Å². The van der Waals surface area contributed by atoms with Crippen LogP contribution in [0, 0.1) is 41.0 Å². The average molecular weight is 461 g/mol. The lowest BCUT2D eigenvalue weighted by atomic mass is 9.63. The van der Waals surface area contributed by atoms with Crippen molar-refractivity contribution in [1.29, 1.82) is 0 Å².